The predicted octanol–water partition coefficient (Wildman–Crippen LogP) is 2.32. The second-order valence-electron chi connectivity index (χ2n) is 6.78. The lowest BCUT2D eigenvalue weighted by atomic mass is 10.1. The first-order chi connectivity index (χ1) is 12.7. The lowest BCUT2D eigenvalue weighted by molar-refractivity contribution is 0.00991. The Bertz CT molecular complexity index is 531. The molecule has 1 aliphatic heterocycles. The third-order valence-electron chi connectivity index (χ3n) is 4.87. The molecule has 1 aromatic heterocycles. The van der Waals surface area contributed by atoms with Crippen LogP contribution in [0, 0.1) is 13.8 Å². The molecule has 148 valence electrons. The van der Waals surface area contributed by atoms with Gasteiger partial charge in [0.1, 0.15) is 5.76 Å². The van der Waals surface area contributed by atoms with Crippen LogP contribution in [0.2, 0.25) is 0 Å². The highest BCUT2D eigenvalue weighted by Crippen LogP contribution is 2.15. The smallest absolute Gasteiger partial charge is 0.193 e. The molecule has 26 heavy (non-hydrogen) atoms. The van der Waals surface area contributed by atoms with Crippen molar-refractivity contribution in [1.29, 1.82) is 0 Å². The quantitative estimate of drug-likeness (QED) is 0.411. The van der Waals surface area contributed by atoms with Gasteiger partial charge in [-0.1, -0.05) is 5.16 Å². The second kappa shape index (κ2) is 11.2. The fourth-order valence-electron chi connectivity index (χ4n) is 3.34. The molecule has 1 fully saturated rings. The number of piperidine rings is 1. The van der Waals surface area contributed by atoms with E-state index in [1.165, 1.54) is 5.56 Å². The van der Waals surface area contributed by atoms with Crippen LogP contribution in [0.4, 0.5) is 0 Å². The van der Waals surface area contributed by atoms with Crippen LogP contribution in [0.5, 0.6) is 0 Å². The van der Waals surface area contributed by atoms with E-state index in [1.807, 2.05) is 20.9 Å². The SMILES string of the molecule is CN=C(NCCCc1c(C)noc1C)N1CCC(OCCCOC)CC1. The summed E-state index contributed by atoms with van der Waals surface area (Å²) in [6, 6.07) is 0. The van der Waals surface area contributed by atoms with E-state index in [4.69, 9.17) is 14.0 Å². The average Bonchev–Trinajstić information content (AvgIpc) is 2.98. The molecule has 2 rings (SSSR count). The van der Waals surface area contributed by atoms with E-state index in [9.17, 15) is 0 Å². The number of hydrogen-bond donors (Lipinski definition) is 1. The predicted molar refractivity (Wildman–Crippen MR) is 103 cm³/mol. The average molecular weight is 367 g/mol. The number of rotatable bonds is 9. The highest BCUT2D eigenvalue weighted by atomic mass is 16.5. The van der Waals surface area contributed by atoms with Gasteiger partial charge in [-0.2, -0.15) is 0 Å². The first kappa shape index (κ1) is 20.7. The lowest BCUT2D eigenvalue weighted by Crippen LogP contribution is -2.47. The van der Waals surface area contributed by atoms with E-state index in [2.05, 4.69) is 20.4 Å². The number of aliphatic imine (C=N–C) groups is 1. The van der Waals surface area contributed by atoms with Crippen LogP contribution < -0.4 is 5.32 Å². The van der Waals surface area contributed by atoms with Crippen molar-refractivity contribution >= 4 is 5.96 Å². The number of nitrogens with zero attached hydrogens (tertiary/aromatic N) is 3. The van der Waals surface area contributed by atoms with Crippen LogP contribution in [0.3, 0.4) is 0 Å². The number of aromatic nitrogens is 1. The van der Waals surface area contributed by atoms with E-state index in [0.29, 0.717) is 6.10 Å². The molecule has 0 amide bonds. The van der Waals surface area contributed by atoms with Gasteiger partial charge in [0.2, 0.25) is 0 Å². The molecule has 0 radical (unpaired) electrons. The van der Waals surface area contributed by atoms with Crippen LogP contribution in [-0.4, -0.2) is 69.1 Å². The van der Waals surface area contributed by atoms with Crippen molar-refractivity contribution in [2.45, 2.75) is 52.1 Å². The van der Waals surface area contributed by atoms with Crippen LogP contribution in [0.25, 0.3) is 0 Å². The number of hydrogen-bond acceptors (Lipinski definition) is 5. The topological polar surface area (TPSA) is 72.1 Å². The van der Waals surface area contributed by atoms with Crippen molar-refractivity contribution < 1.29 is 14.0 Å². The first-order valence-electron chi connectivity index (χ1n) is 9.63. The Morgan fingerprint density at radius 1 is 1.27 bits per heavy atom. The van der Waals surface area contributed by atoms with E-state index in [-0.39, 0.29) is 0 Å². The molecule has 0 aromatic carbocycles. The Morgan fingerprint density at radius 3 is 2.65 bits per heavy atom. The molecule has 0 saturated carbocycles. The maximum atomic E-state index is 5.93. The van der Waals surface area contributed by atoms with Crippen molar-refractivity contribution in [1.82, 2.24) is 15.4 Å². The molecule has 7 nitrogen and oxygen atoms in total. The largest absolute Gasteiger partial charge is 0.385 e. The summed E-state index contributed by atoms with van der Waals surface area (Å²) in [6.07, 6.45) is 5.43. The number of methoxy groups -OCH3 is 1. The van der Waals surface area contributed by atoms with Gasteiger partial charge < -0.3 is 24.2 Å². The summed E-state index contributed by atoms with van der Waals surface area (Å²) in [7, 11) is 3.58. The summed E-state index contributed by atoms with van der Waals surface area (Å²) in [4.78, 5) is 6.76. The number of ether oxygens (including phenoxy) is 2. The zero-order chi connectivity index (χ0) is 18.8. The Morgan fingerprint density at radius 2 is 2.04 bits per heavy atom. The highest BCUT2D eigenvalue weighted by Gasteiger charge is 2.21. The van der Waals surface area contributed by atoms with Gasteiger partial charge in [-0.25, -0.2) is 0 Å². The monoisotopic (exact) mass is 366 g/mol. The molecule has 7 heteroatoms. The summed E-state index contributed by atoms with van der Waals surface area (Å²) >= 11 is 0. The molecular weight excluding hydrogens is 332 g/mol. The van der Waals surface area contributed by atoms with E-state index >= 15 is 0 Å². The molecule has 0 aliphatic carbocycles. The van der Waals surface area contributed by atoms with Gasteiger partial charge >= 0.3 is 0 Å². The van der Waals surface area contributed by atoms with Gasteiger partial charge in [-0.3, -0.25) is 4.99 Å². The molecule has 1 aromatic rings. The Labute approximate surface area is 157 Å². The summed E-state index contributed by atoms with van der Waals surface area (Å²) < 4.78 is 16.2. The third kappa shape index (κ3) is 6.29. The molecule has 1 aliphatic rings. The fourth-order valence-corrected chi connectivity index (χ4v) is 3.34. The molecular formula is C19H34N4O3. The minimum absolute atomic E-state index is 0.362. The maximum absolute atomic E-state index is 5.93. The molecule has 1 N–H and O–H groups in total. The third-order valence-corrected chi connectivity index (χ3v) is 4.87. The van der Waals surface area contributed by atoms with Gasteiger partial charge in [0.15, 0.2) is 5.96 Å². The van der Waals surface area contributed by atoms with E-state index in [0.717, 1.165) is 82.4 Å². The van der Waals surface area contributed by atoms with Gasteiger partial charge in [-0.05, 0) is 46.0 Å². The molecule has 1 saturated heterocycles. The van der Waals surface area contributed by atoms with Gasteiger partial charge in [-0.15, -0.1) is 0 Å². The zero-order valence-electron chi connectivity index (χ0n) is 16.7. The Kier molecular flexibility index (Phi) is 8.91. The number of likely N-dealkylation sites (tertiary alicyclic amines) is 1. The standard InChI is InChI=1S/C19H34N4O3/c1-15-18(16(2)26-22-15)7-5-10-21-19(20-3)23-11-8-17(9-12-23)25-14-6-13-24-4/h17H,5-14H2,1-4H3,(H,20,21). The van der Waals surface area contributed by atoms with Crippen LogP contribution in [0.15, 0.2) is 9.52 Å². The van der Waals surface area contributed by atoms with Gasteiger partial charge in [0.25, 0.3) is 0 Å². The van der Waals surface area contributed by atoms with Crippen LogP contribution in [0.1, 0.15) is 42.7 Å². The summed E-state index contributed by atoms with van der Waals surface area (Å²) in [5, 5.41) is 7.49. The summed E-state index contributed by atoms with van der Waals surface area (Å²) in [6.45, 7) is 8.39. The van der Waals surface area contributed by atoms with Crippen molar-refractivity contribution in [3.63, 3.8) is 0 Å². The van der Waals surface area contributed by atoms with Crippen molar-refractivity contribution in [2.75, 3.05) is 47.0 Å². The Balaban J connectivity index is 1.65. The summed E-state index contributed by atoms with van der Waals surface area (Å²) in [5.74, 6) is 1.92. The minimum Gasteiger partial charge on any atom is -0.385 e. The zero-order valence-corrected chi connectivity index (χ0v) is 16.7. The molecule has 0 atom stereocenters. The maximum Gasteiger partial charge on any atom is 0.193 e. The minimum atomic E-state index is 0.362. The lowest BCUT2D eigenvalue weighted by Gasteiger charge is -2.34. The molecule has 0 spiro atoms. The van der Waals surface area contributed by atoms with Crippen molar-refractivity contribution in [3.05, 3.63) is 17.0 Å². The molecule has 0 unspecified atom stereocenters. The summed E-state index contributed by atoms with van der Waals surface area (Å²) in [5.41, 5.74) is 2.23. The van der Waals surface area contributed by atoms with Crippen molar-refractivity contribution in [3.8, 4) is 0 Å². The molecule has 0 bridgehead atoms. The fraction of sp³-hybridized carbons (Fsp3) is 0.789. The first-order valence-corrected chi connectivity index (χ1v) is 9.63. The van der Waals surface area contributed by atoms with Crippen LogP contribution in [-0.2, 0) is 15.9 Å². The van der Waals surface area contributed by atoms with Gasteiger partial charge in [0.05, 0.1) is 11.8 Å². The Hall–Kier alpha value is -1.60. The van der Waals surface area contributed by atoms with Gasteiger partial charge in [0, 0.05) is 52.6 Å². The number of nitrogens with one attached hydrogen (secondary N) is 1. The number of guanidine groups is 1. The number of aryl methyl sites for hydroxylation is 2. The molecule has 2 heterocycles. The highest BCUT2D eigenvalue weighted by molar-refractivity contribution is 5.79. The second-order valence-corrected chi connectivity index (χ2v) is 6.78. The van der Waals surface area contributed by atoms with Crippen molar-refractivity contribution in [2.24, 2.45) is 4.99 Å². The van der Waals surface area contributed by atoms with Crippen LogP contribution >= 0.6 is 0 Å². The van der Waals surface area contributed by atoms with E-state index in [1.54, 1.807) is 7.11 Å². The van der Waals surface area contributed by atoms with E-state index < -0.39 is 0 Å². The normalized spacial score (nSPS) is 16.3.